The van der Waals surface area contributed by atoms with E-state index in [1.165, 1.54) is 56.9 Å². The third kappa shape index (κ3) is 8.31. The van der Waals surface area contributed by atoms with E-state index in [0.29, 0.717) is 0 Å². The number of fused-ring (bicyclic) bond motifs is 1. The Morgan fingerprint density at radius 2 is 1.44 bits per heavy atom. The van der Waals surface area contributed by atoms with Crippen LogP contribution in [0.2, 0.25) is 0 Å². The molecule has 0 amide bonds. The summed E-state index contributed by atoms with van der Waals surface area (Å²) in [5.41, 5.74) is 5.41. The maximum Gasteiger partial charge on any atom is 0.307 e. The fraction of sp³-hybridized carbons (Fsp3) is 0.774. The summed E-state index contributed by atoms with van der Waals surface area (Å²) >= 11 is 0. The summed E-state index contributed by atoms with van der Waals surface area (Å²) in [5.74, 6) is 2.75. The van der Waals surface area contributed by atoms with Crippen LogP contribution in [0.1, 0.15) is 127 Å². The first-order valence-electron chi connectivity index (χ1n) is 14.0. The molecular weight excluding hydrogens is 420 g/mol. The lowest BCUT2D eigenvalue weighted by Gasteiger charge is -2.38. The number of hydrogen-bond donors (Lipinski definition) is 1. The lowest BCUT2D eigenvalue weighted by atomic mass is 9.82. The van der Waals surface area contributed by atoms with Crippen LogP contribution >= 0.6 is 0 Å². The van der Waals surface area contributed by atoms with Crippen molar-refractivity contribution in [2.75, 3.05) is 0 Å². The molecular formula is C31H52O3. The first-order valence-corrected chi connectivity index (χ1v) is 14.0. The minimum Gasteiger partial charge on any atom is -0.487 e. The summed E-state index contributed by atoms with van der Waals surface area (Å²) in [7, 11) is 0. The molecule has 2 rings (SSSR count). The van der Waals surface area contributed by atoms with Crippen LogP contribution in [-0.2, 0) is 17.6 Å². The van der Waals surface area contributed by atoms with Crippen molar-refractivity contribution in [2.24, 2.45) is 17.8 Å². The minimum atomic E-state index is -0.762. The van der Waals surface area contributed by atoms with Crippen molar-refractivity contribution in [3.63, 3.8) is 0 Å². The molecule has 0 fully saturated rings. The van der Waals surface area contributed by atoms with Crippen LogP contribution in [0, 0.1) is 38.5 Å². The van der Waals surface area contributed by atoms with Gasteiger partial charge in [0.2, 0.25) is 0 Å². The average Bonchev–Trinajstić information content (AvgIpc) is 2.74. The van der Waals surface area contributed by atoms with Crippen molar-refractivity contribution in [1.29, 1.82) is 0 Å². The number of rotatable bonds is 14. The predicted octanol–water partition coefficient (Wildman–Crippen LogP) is 8.76. The molecule has 1 heterocycles. The van der Waals surface area contributed by atoms with Crippen molar-refractivity contribution in [3.8, 4) is 5.75 Å². The molecule has 0 spiro atoms. The molecule has 0 radical (unpaired) electrons. The molecule has 1 aliphatic rings. The Hall–Kier alpha value is -1.51. The summed E-state index contributed by atoms with van der Waals surface area (Å²) in [6.07, 6.45) is 13.9. The van der Waals surface area contributed by atoms with Crippen molar-refractivity contribution in [2.45, 2.75) is 138 Å². The van der Waals surface area contributed by atoms with E-state index in [4.69, 9.17) is 4.74 Å². The highest BCUT2D eigenvalue weighted by Crippen LogP contribution is 2.42. The van der Waals surface area contributed by atoms with Gasteiger partial charge in [-0.25, -0.2) is 0 Å². The highest BCUT2D eigenvalue weighted by atomic mass is 16.5. The number of ether oxygens (including phenoxy) is 1. The van der Waals surface area contributed by atoms with Crippen LogP contribution in [0.15, 0.2) is 0 Å². The zero-order chi connectivity index (χ0) is 25.5. The van der Waals surface area contributed by atoms with Gasteiger partial charge in [-0.1, -0.05) is 72.6 Å². The lowest BCUT2D eigenvalue weighted by molar-refractivity contribution is -0.136. The molecule has 0 unspecified atom stereocenters. The maximum atomic E-state index is 11.4. The van der Waals surface area contributed by atoms with Crippen LogP contribution in [0.25, 0.3) is 0 Å². The molecule has 0 saturated heterocycles. The Kier molecular flexibility index (Phi) is 11.0. The van der Waals surface area contributed by atoms with Gasteiger partial charge in [0, 0.05) is 0 Å². The summed E-state index contributed by atoms with van der Waals surface area (Å²) in [6.45, 7) is 18.0. The zero-order valence-corrected chi connectivity index (χ0v) is 23.5. The molecule has 1 aliphatic heterocycles. The van der Waals surface area contributed by atoms with Crippen LogP contribution in [0.3, 0.4) is 0 Å². The number of hydrogen-bond acceptors (Lipinski definition) is 2. The highest BCUT2D eigenvalue weighted by molar-refractivity contribution is 5.73. The first-order chi connectivity index (χ1) is 15.9. The second kappa shape index (κ2) is 13.0. The fourth-order valence-corrected chi connectivity index (χ4v) is 5.78. The van der Waals surface area contributed by atoms with Gasteiger partial charge in [-0.15, -0.1) is 0 Å². The van der Waals surface area contributed by atoms with E-state index in [1.807, 2.05) is 6.92 Å². The third-order valence-corrected chi connectivity index (χ3v) is 8.39. The molecule has 0 aliphatic carbocycles. The Morgan fingerprint density at radius 3 is 2.00 bits per heavy atom. The molecule has 0 aromatic heterocycles. The van der Waals surface area contributed by atoms with E-state index in [2.05, 4.69) is 48.5 Å². The predicted molar refractivity (Wildman–Crippen MR) is 144 cm³/mol. The van der Waals surface area contributed by atoms with E-state index in [-0.39, 0.29) is 12.0 Å². The minimum absolute atomic E-state index is 0.0949. The Morgan fingerprint density at radius 1 is 0.882 bits per heavy atom. The SMILES string of the molecule is Cc1c(C)c2c(c(C)c1CC(=O)O)CC[C@@](C)(CCC[C@@H](C)CCC[C@@H](C)CCCC(C)C)O2. The topological polar surface area (TPSA) is 46.5 Å². The average molecular weight is 473 g/mol. The molecule has 194 valence electrons. The number of carboxylic acid groups (broad SMARTS) is 1. The summed E-state index contributed by atoms with van der Waals surface area (Å²) in [6, 6.07) is 0. The monoisotopic (exact) mass is 472 g/mol. The fourth-order valence-electron chi connectivity index (χ4n) is 5.78. The van der Waals surface area contributed by atoms with Crippen molar-refractivity contribution in [1.82, 2.24) is 0 Å². The lowest BCUT2D eigenvalue weighted by Crippen LogP contribution is -2.37. The number of benzene rings is 1. The summed E-state index contributed by atoms with van der Waals surface area (Å²) in [5, 5.41) is 9.34. The van der Waals surface area contributed by atoms with Gasteiger partial charge < -0.3 is 9.84 Å². The van der Waals surface area contributed by atoms with E-state index < -0.39 is 5.97 Å². The molecule has 1 aromatic carbocycles. The second-order valence-corrected chi connectivity index (χ2v) is 12.1. The number of aliphatic carboxylic acids is 1. The van der Waals surface area contributed by atoms with E-state index in [9.17, 15) is 9.90 Å². The van der Waals surface area contributed by atoms with Crippen LogP contribution in [0.5, 0.6) is 5.75 Å². The van der Waals surface area contributed by atoms with Gasteiger partial charge in [0.05, 0.1) is 6.42 Å². The Balaban J connectivity index is 1.82. The maximum absolute atomic E-state index is 11.4. The van der Waals surface area contributed by atoms with Gasteiger partial charge in [-0.2, -0.15) is 0 Å². The molecule has 0 saturated carbocycles. The van der Waals surface area contributed by atoms with Crippen LogP contribution in [0.4, 0.5) is 0 Å². The molecule has 34 heavy (non-hydrogen) atoms. The second-order valence-electron chi connectivity index (χ2n) is 12.1. The van der Waals surface area contributed by atoms with E-state index >= 15 is 0 Å². The number of carboxylic acids is 1. The smallest absolute Gasteiger partial charge is 0.307 e. The van der Waals surface area contributed by atoms with Gasteiger partial charge >= 0.3 is 5.97 Å². The first kappa shape index (κ1) is 28.7. The normalized spacial score (nSPS) is 19.6. The summed E-state index contributed by atoms with van der Waals surface area (Å²) in [4.78, 5) is 11.4. The van der Waals surface area contributed by atoms with E-state index in [1.54, 1.807) is 0 Å². The Labute approximate surface area is 210 Å². The van der Waals surface area contributed by atoms with Crippen molar-refractivity contribution >= 4 is 5.97 Å². The van der Waals surface area contributed by atoms with Gasteiger partial charge in [0.25, 0.3) is 0 Å². The third-order valence-electron chi connectivity index (χ3n) is 8.39. The van der Waals surface area contributed by atoms with Gasteiger partial charge in [-0.3, -0.25) is 4.79 Å². The number of carbonyl (C=O) groups is 1. The van der Waals surface area contributed by atoms with E-state index in [0.717, 1.165) is 65.0 Å². The zero-order valence-electron chi connectivity index (χ0n) is 23.5. The van der Waals surface area contributed by atoms with Crippen molar-refractivity contribution < 1.29 is 14.6 Å². The van der Waals surface area contributed by atoms with Gasteiger partial charge in [-0.05, 0) is 98.9 Å². The molecule has 1 aromatic rings. The highest BCUT2D eigenvalue weighted by Gasteiger charge is 2.34. The van der Waals surface area contributed by atoms with Crippen LogP contribution in [-0.4, -0.2) is 16.7 Å². The van der Waals surface area contributed by atoms with Crippen LogP contribution < -0.4 is 4.74 Å². The molecule has 3 heteroatoms. The van der Waals surface area contributed by atoms with Gasteiger partial charge in [0.1, 0.15) is 11.4 Å². The molecule has 1 N–H and O–H groups in total. The molecule has 3 atom stereocenters. The quantitative estimate of drug-likeness (QED) is 0.294. The van der Waals surface area contributed by atoms with Crippen molar-refractivity contribution in [3.05, 3.63) is 27.8 Å². The summed E-state index contributed by atoms with van der Waals surface area (Å²) < 4.78 is 6.67. The molecule has 3 nitrogen and oxygen atoms in total. The standard InChI is InChI=1S/C31H52O3/c1-21(2)12-9-13-22(3)14-10-15-23(4)16-11-18-31(8)19-17-27-26(7)28(20-29(32)33)24(5)25(6)30(27)34-31/h21-23H,9-20H2,1-8H3,(H,32,33)/t22-,23-,31+/m0/s1. The Bertz CT molecular complexity index is 810. The largest absolute Gasteiger partial charge is 0.487 e. The van der Waals surface area contributed by atoms with Gasteiger partial charge in [0.15, 0.2) is 0 Å². The molecule has 0 bridgehead atoms.